The number of alkyl halides is 1. The summed E-state index contributed by atoms with van der Waals surface area (Å²) < 4.78 is 4.98. The topological polar surface area (TPSA) is 35.6 Å². The standard InChI is InChI=1S/C15H16BrClN4/c1-8-5-11(16)7-12(6-8)21-14(9(2)17)18-13-10(3)19-20(4)15(13)21/h5-7,9H,1-4H3. The lowest BCUT2D eigenvalue weighted by molar-refractivity contribution is 0.748. The number of benzene rings is 1. The number of nitrogens with zero attached hydrogens (tertiary/aromatic N) is 4. The van der Waals surface area contributed by atoms with Gasteiger partial charge in [0, 0.05) is 11.5 Å². The van der Waals surface area contributed by atoms with Crippen LogP contribution in [0.25, 0.3) is 16.9 Å². The van der Waals surface area contributed by atoms with Gasteiger partial charge in [0.05, 0.1) is 16.8 Å². The smallest absolute Gasteiger partial charge is 0.163 e. The molecule has 0 saturated carbocycles. The normalized spacial score (nSPS) is 13.0. The van der Waals surface area contributed by atoms with Crippen molar-refractivity contribution in [3.8, 4) is 5.69 Å². The van der Waals surface area contributed by atoms with Crippen molar-refractivity contribution in [3.63, 3.8) is 0 Å². The highest BCUT2D eigenvalue weighted by Gasteiger charge is 2.21. The molecule has 0 aliphatic carbocycles. The zero-order valence-electron chi connectivity index (χ0n) is 12.4. The van der Waals surface area contributed by atoms with E-state index in [0.717, 1.165) is 32.8 Å². The molecule has 3 aromatic rings. The molecule has 110 valence electrons. The molecule has 4 nitrogen and oxygen atoms in total. The van der Waals surface area contributed by atoms with Gasteiger partial charge in [0.15, 0.2) is 5.65 Å². The average molecular weight is 368 g/mol. The van der Waals surface area contributed by atoms with Crippen LogP contribution in [0.1, 0.15) is 29.4 Å². The van der Waals surface area contributed by atoms with Crippen molar-refractivity contribution in [2.24, 2.45) is 7.05 Å². The lowest BCUT2D eigenvalue weighted by Gasteiger charge is -2.12. The van der Waals surface area contributed by atoms with Crippen LogP contribution in [-0.4, -0.2) is 19.3 Å². The molecular weight excluding hydrogens is 352 g/mol. The number of rotatable bonds is 2. The van der Waals surface area contributed by atoms with Crippen LogP contribution >= 0.6 is 27.5 Å². The molecule has 0 aliphatic heterocycles. The highest BCUT2D eigenvalue weighted by Crippen LogP contribution is 2.30. The first-order valence-corrected chi connectivity index (χ1v) is 7.95. The van der Waals surface area contributed by atoms with Gasteiger partial charge in [-0.05, 0) is 44.5 Å². The quantitative estimate of drug-likeness (QED) is 0.628. The van der Waals surface area contributed by atoms with Gasteiger partial charge in [0.2, 0.25) is 0 Å². The highest BCUT2D eigenvalue weighted by molar-refractivity contribution is 9.10. The molecule has 0 radical (unpaired) electrons. The van der Waals surface area contributed by atoms with Crippen LogP contribution in [-0.2, 0) is 7.05 Å². The van der Waals surface area contributed by atoms with E-state index in [4.69, 9.17) is 16.6 Å². The Labute approximate surface area is 136 Å². The zero-order chi connectivity index (χ0) is 15.3. The summed E-state index contributed by atoms with van der Waals surface area (Å²) in [6.07, 6.45) is 0. The highest BCUT2D eigenvalue weighted by atomic mass is 79.9. The Morgan fingerprint density at radius 1 is 1.24 bits per heavy atom. The second-order valence-electron chi connectivity index (χ2n) is 5.29. The number of aryl methyl sites for hydroxylation is 3. The maximum atomic E-state index is 6.35. The number of imidazole rings is 1. The summed E-state index contributed by atoms with van der Waals surface area (Å²) in [5, 5.41) is 4.28. The summed E-state index contributed by atoms with van der Waals surface area (Å²) in [5.41, 5.74) is 4.99. The molecule has 1 aromatic carbocycles. The van der Waals surface area contributed by atoms with E-state index in [2.05, 4.69) is 50.7 Å². The minimum Gasteiger partial charge on any atom is -0.280 e. The average Bonchev–Trinajstić information content (AvgIpc) is 2.88. The predicted octanol–water partition coefficient (Wildman–Crippen LogP) is 4.44. The van der Waals surface area contributed by atoms with E-state index >= 15 is 0 Å². The van der Waals surface area contributed by atoms with Crippen LogP contribution in [0.15, 0.2) is 22.7 Å². The van der Waals surface area contributed by atoms with Crippen molar-refractivity contribution in [2.45, 2.75) is 26.1 Å². The summed E-state index contributed by atoms with van der Waals surface area (Å²) in [7, 11) is 1.93. The number of fused-ring (bicyclic) bond motifs is 1. The maximum Gasteiger partial charge on any atom is 0.163 e. The van der Waals surface area contributed by atoms with Crippen molar-refractivity contribution < 1.29 is 0 Å². The maximum absolute atomic E-state index is 6.35. The van der Waals surface area contributed by atoms with E-state index < -0.39 is 0 Å². The first-order chi connectivity index (χ1) is 9.88. The summed E-state index contributed by atoms with van der Waals surface area (Å²) >= 11 is 9.90. The Bertz CT molecular complexity index is 812. The lowest BCUT2D eigenvalue weighted by atomic mass is 10.2. The second kappa shape index (κ2) is 5.14. The van der Waals surface area contributed by atoms with Gasteiger partial charge < -0.3 is 0 Å². The van der Waals surface area contributed by atoms with Gasteiger partial charge in [-0.2, -0.15) is 5.10 Å². The molecule has 1 atom stereocenters. The Morgan fingerprint density at radius 2 is 1.95 bits per heavy atom. The van der Waals surface area contributed by atoms with E-state index in [1.165, 1.54) is 5.56 Å². The van der Waals surface area contributed by atoms with Crippen molar-refractivity contribution in [3.05, 3.63) is 39.8 Å². The Hall–Kier alpha value is -1.33. The molecule has 0 N–H and O–H groups in total. The summed E-state index contributed by atoms with van der Waals surface area (Å²) in [6.45, 7) is 5.97. The van der Waals surface area contributed by atoms with Gasteiger partial charge in [0.1, 0.15) is 11.3 Å². The SMILES string of the molecule is Cc1cc(Br)cc(-n2c(C(C)Cl)nc3c(C)nn(C)c32)c1. The molecule has 0 spiro atoms. The van der Waals surface area contributed by atoms with Gasteiger partial charge in [0.25, 0.3) is 0 Å². The molecule has 0 fully saturated rings. The molecule has 1 unspecified atom stereocenters. The van der Waals surface area contributed by atoms with E-state index in [1.54, 1.807) is 0 Å². The molecule has 6 heteroatoms. The Kier molecular flexibility index (Phi) is 3.58. The van der Waals surface area contributed by atoms with Gasteiger partial charge in [-0.25, -0.2) is 9.67 Å². The predicted molar refractivity (Wildman–Crippen MR) is 89.3 cm³/mol. The molecule has 0 aliphatic rings. The van der Waals surface area contributed by atoms with E-state index in [1.807, 2.05) is 25.6 Å². The van der Waals surface area contributed by atoms with Crippen LogP contribution in [0.2, 0.25) is 0 Å². The Balaban J connectivity index is 2.41. The fourth-order valence-corrected chi connectivity index (χ4v) is 3.40. The molecule has 0 bridgehead atoms. The van der Waals surface area contributed by atoms with Crippen LogP contribution in [0, 0.1) is 13.8 Å². The largest absolute Gasteiger partial charge is 0.280 e. The molecule has 2 heterocycles. The van der Waals surface area contributed by atoms with Crippen molar-refractivity contribution in [1.29, 1.82) is 0 Å². The van der Waals surface area contributed by atoms with E-state index in [9.17, 15) is 0 Å². The third-order valence-corrected chi connectivity index (χ3v) is 4.12. The van der Waals surface area contributed by atoms with Gasteiger partial charge in [-0.1, -0.05) is 15.9 Å². The monoisotopic (exact) mass is 366 g/mol. The summed E-state index contributed by atoms with van der Waals surface area (Å²) in [4.78, 5) is 4.70. The van der Waals surface area contributed by atoms with Crippen LogP contribution < -0.4 is 0 Å². The molecular formula is C15H16BrClN4. The molecule has 0 amide bonds. The number of aromatic nitrogens is 4. The third kappa shape index (κ3) is 2.38. The number of halogens is 2. The van der Waals surface area contributed by atoms with Crippen molar-refractivity contribution >= 4 is 38.7 Å². The zero-order valence-corrected chi connectivity index (χ0v) is 14.7. The van der Waals surface area contributed by atoms with Gasteiger partial charge >= 0.3 is 0 Å². The minimum absolute atomic E-state index is 0.184. The summed E-state index contributed by atoms with van der Waals surface area (Å²) in [6, 6.07) is 6.27. The Morgan fingerprint density at radius 3 is 2.57 bits per heavy atom. The molecule has 0 saturated heterocycles. The van der Waals surface area contributed by atoms with Crippen LogP contribution in [0.4, 0.5) is 0 Å². The first kappa shape index (κ1) is 14.6. The molecule has 3 rings (SSSR count). The number of hydrogen-bond acceptors (Lipinski definition) is 2. The number of hydrogen-bond donors (Lipinski definition) is 0. The fraction of sp³-hybridized carbons (Fsp3) is 0.333. The van der Waals surface area contributed by atoms with Gasteiger partial charge in [-0.3, -0.25) is 4.57 Å². The van der Waals surface area contributed by atoms with Crippen molar-refractivity contribution in [1.82, 2.24) is 19.3 Å². The van der Waals surface area contributed by atoms with Crippen LogP contribution in [0.3, 0.4) is 0 Å². The minimum atomic E-state index is -0.184. The molecule has 21 heavy (non-hydrogen) atoms. The van der Waals surface area contributed by atoms with Gasteiger partial charge in [-0.15, -0.1) is 11.6 Å². The second-order valence-corrected chi connectivity index (χ2v) is 6.86. The fourth-order valence-electron chi connectivity index (χ4n) is 2.66. The van der Waals surface area contributed by atoms with Crippen LogP contribution in [0.5, 0.6) is 0 Å². The molecule has 2 aromatic heterocycles. The summed E-state index contributed by atoms with van der Waals surface area (Å²) in [5.74, 6) is 0.834. The van der Waals surface area contributed by atoms with E-state index in [0.29, 0.717) is 0 Å². The lowest BCUT2D eigenvalue weighted by Crippen LogP contribution is -2.06. The first-order valence-electron chi connectivity index (χ1n) is 6.72. The van der Waals surface area contributed by atoms with Crippen molar-refractivity contribution in [2.75, 3.05) is 0 Å². The van der Waals surface area contributed by atoms with E-state index in [-0.39, 0.29) is 5.38 Å². The third-order valence-electron chi connectivity index (χ3n) is 3.47.